The quantitative estimate of drug-likeness (QED) is 0.582. The lowest BCUT2D eigenvalue weighted by Crippen LogP contribution is -2.60. The van der Waals surface area contributed by atoms with Crippen LogP contribution in [0.15, 0.2) is 24.3 Å². The largest absolute Gasteiger partial charge is 0.312 e. The molecule has 1 aromatic carbocycles. The van der Waals surface area contributed by atoms with Gasteiger partial charge in [-0.25, -0.2) is 0 Å². The number of hydrogen-bond acceptors (Lipinski definition) is 2. The Morgan fingerprint density at radius 1 is 1.15 bits per heavy atom. The smallest absolute Gasteiger partial charge is 0.0771 e. The van der Waals surface area contributed by atoms with Crippen LogP contribution >= 0.6 is 0 Å². The fourth-order valence-electron chi connectivity index (χ4n) is 2.07. The molecule has 1 aromatic rings. The molecule has 0 aromatic heterocycles. The zero-order valence-corrected chi connectivity index (χ0v) is 8.17. The van der Waals surface area contributed by atoms with E-state index in [-0.39, 0.29) is 5.41 Å². The lowest BCUT2D eigenvalue weighted by atomic mass is 9.79. The van der Waals surface area contributed by atoms with Crippen molar-refractivity contribution in [1.82, 2.24) is 0 Å². The molecule has 0 fully saturated rings. The van der Waals surface area contributed by atoms with Crippen molar-refractivity contribution in [1.29, 1.82) is 0 Å². The van der Waals surface area contributed by atoms with Crippen LogP contribution in [0.5, 0.6) is 0 Å². The Balaban J connectivity index is 2.60. The third-order valence-electron chi connectivity index (χ3n) is 3.34. The van der Waals surface area contributed by atoms with Crippen molar-refractivity contribution in [3.05, 3.63) is 35.4 Å². The molecule has 0 atom stereocenters. The van der Waals surface area contributed by atoms with Gasteiger partial charge in [0.25, 0.3) is 0 Å². The van der Waals surface area contributed by atoms with E-state index < -0.39 is 5.66 Å². The summed E-state index contributed by atoms with van der Waals surface area (Å²) in [7, 11) is 0. The first kappa shape index (κ1) is 8.73. The van der Waals surface area contributed by atoms with Gasteiger partial charge in [0, 0.05) is 11.8 Å². The van der Waals surface area contributed by atoms with E-state index in [4.69, 9.17) is 11.5 Å². The molecule has 0 bridgehead atoms. The maximum atomic E-state index is 6.08. The van der Waals surface area contributed by atoms with Gasteiger partial charge in [0.15, 0.2) is 0 Å². The number of benzene rings is 1. The van der Waals surface area contributed by atoms with Gasteiger partial charge in [-0.15, -0.1) is 0 Å². The average Bonchev–Trinajstić information content (AvgIpc) is 2.20. The first-order valence-corrected chi connectivity index (χ1v) is 4.61. The van der Waals surface area contributed by atoms with Gasteiger partial charge in [-0.2, -0.15) is 0 Å². The Hall–Kier alpha value is -0.860. The molecule has 0 amide bonds. The average molecular weight is 176 g/mol. The highest BCUT2D eigenvalue weighted by Gasteiger charge is 2.46. The molecular weight excluding hydrogens is 160 g/mol. The molecular formula is C11H16N2. The minimum atomic E-state index is -0.601. The molecule has 1 aliphatic carbocycles. The summed E-state index contributed by atoms with van der Waals surface area (Å²) < 4.78 is 0. The van der Waals surface area contributed by atoms with E-state index >= 15 is 0 Å². The van der Waals surface area contributed by atoms with Crippen LogP contribution in [0.25, 0.3) is 0 Å². The van der Waals surface area contributed by atoms with E-state index in [1.807, 2.05) is 12.1 Å². The van der Waals surface area contributed by atoms with Crippen molar-refractivity contribution in [2.45, 2.75) is 31.3 Å². The summed E-state index contributed by atoms with van der Waals surface area (Å²) in [5, 5.41) is 0. The van der Waals surface area contributed by atoms with Gasteiger partial charge >= 0.3 is 0 Å². The summed E-state index contributed by atoms with van der Waals surface area (Å²) >= 11 is 0. The van der Waals surface area contributed by atoms with Gasteiger partial charge in [-0.3, -0.25) is 0 Å². The molecule has 2 heteroatoms. The van der Waals surface area contributed by atoms with Crippen LogP contribution in [0.1, 0.15) is 25.0 Å². The van der Waals surface area contributed by atoms with Crippen LogP contribution in [-0.2, 0) is 11.8 Å². The fourth-order valence-corrected chi connectivity index (χ4v) is 2.07. The highest BCUT2D eigenvalue weighted by molar-refractivity contribution is 5.43. The standard InChI is InChI=1S/C11H16N2/c1-10(2)9-6-4-3-5-8(9)7-11(10,12)13/h3-6H,7,12-13H2,1-2H3. The van der Waals surface area contributed by atoms with Crippen molar-refractivity contribution in [2.75, 3.05) is 0 Å². The number of fused-ring (bicyclic) bond motifs is 1. The molecule has 2 nitrogen and oxygen atoms in total. The van der Waals surface area contributed by atoms with Crippen LogP contribution in [0, 0.1) is 0 Å². The topological polar surface area (TPSA) is 52.0 Å². The number of rotatable bonds is 0. The summed E-state index contributed by atoms with van der Waals surface area (Å²) in [4.78, 5) is 0. The first-order chi connectivity index (χ1) is 5.95. The lowest BCUT2D eigenvalue weighted by molar-refractivity contribution is 0.291. The first-order valence-electron chi connectivity index (χ1n) is 4.61. The normalized spacial score (nSPS) is 22.8. The Morgan fingerprint density at radius 2 is 1.77 bits per heavy atom. The Labute approximate surface area is 78.9 Å². The second-order valence-electron chi connectivity index (χ2n) is 4.50. The van der Waals surface area contributed by atoms with Crippen LogP contribution in [0.3, 0.4) is 0 Å². The van der Waals surface area contributed by atoms with Crippen molar-refractivity contribution in [3.8, 4) is 0 Å². The van der Waals surface area contributed by atoms with E-state index in [2.05, 4.69) is 26.0 Å². The highest BCUT2D eigenvalue weighted by atomic mass is 15.0. The lowest BCUT2D eigenvalue weighted by Gasteiger charge is -2.34. The van der Waals surface area contributed by atoms with Crippen LogP contribution in [0.4, 0.5) is 0 Å². The summed E-state index contributed by atoms with van der Waals surface area (Å²) in [5.41, 5.74) is 14.0. The second kappa shape index (κ2) is 2.34. The van der Waals surface area contributed by atoms with Crippen LogP contribution < -0.4 is 11.5 Å². The predicted octanol–water partition coefficient (Wildman–Crippen LogP) is 1.13. The number of hydrogen-bond donors (Lipinski definition) is 2. The third kappa shape index (κ3) is 1.02. The molecule has 70 valence electrons. The molecule has 0 radical (unpaired) electrons. The molecule has 0 unspecified atom stereocenters. The van der Waals surface area contributed by atoms with Crippen LogP contribution in [-0.4, -0.2) is 5.66 Å². The molecule has 2 rings (SSSR count). The minimum Gasteiger partial charge on any atom is -0.312 e. The maximum Gasteiger partial charge on any atom is 0.0771 e. The molecule has 0 saturated heterocycles. The van der Waals surface area contributed by atoms with E-state index in [0.29, 0.717) is 0 Å². The predicted molar refractivity (Wildman–Crippen MR) is 54.3 cm³/mol. The Kier molecular flexibility index (Phi) is 1.57. The monoisotopic (exact) mass is 176 g/mol. The minimum absolute atomic E-state index is 0.121. The number of nitrogens with two attached hydrogens (primary N) is 2. The summed E-state index contributed by atoms with van der Waals surface area (Å²) in [6, 6.07) is 8.31. The zero-order chi connectivity index (χ0) is 9.69. The SMILES string of the molecule is CC1(C)c2ccccc2CC1(N)N. The Bertz CT molecular complexity index is 340. The fraction of sp³-hybridized carbons (Fsp3) is 0.455. The summed E-state index contributed by atoms with van der Waals surface area (Å²) in [5.74, 6) is 0. The molecule has 13 heavy (non-hydrogen) atoms. The Morgan fingerprint density at radius 3 is 2.38 bits per heavy atom. The van der Waals surface area contributed by atoms with Gasteiger partial charge in [-0.05, 0) is 11.1 Å². The van der Waals surface area contributed by atoms with E-state index in [0.717, 1.165) is 6.42 Å². The second-order valence-corrected chi connectivity index (χ2v) is 4.50. The van der Waals surface area contributed by atoms with Crippen LogP contribution in [0.2, 0.25) is 0 Å². The molecule has 0 saturated carbocycles. The molecule has 0 spiro atoms. The van der Waals surface area contributed by atoms with Gasteiger partial charge in [-0.1, -0.05) is 38.1 Å². The van der Waals surface area contributed by atoms with E-state index in [1.165, 1.54) is 11.1 Å². The van der Waals surface area contributed by atoms with Gasteiger partial charge < -0.3 is 11.5 Å². The summed E-state index contributed by atoms with van der Waals surface area (Å²) in [6.45, 7) is 4.22. The maximum absolute atomic E-state index is 6.08. The summed E-state index contributed by atoms with van der Waals surface area (Å²) in [6.07, 6.45) is 0.774. The molecule has 0 heterocycles. The zero-order valence-electron chi connectivity index (χ0n) is 8.17. The van der Waals surface area contributed by atoms with Crippen molar-refractivity contribution >= 4 is 0 Å². The van der Waals surface area contributed by atoms with Gasteiger partial charge in [0.05, 0.1) is 5.66 Å². The van der Waals surface area contributed by atoms with Crippen molar-refractivity contribution < 1.29 is 0 Å². The molecule has 1 aliphatic rings. The highest BCUT2D eigenvalue weighted by Crippen LogP contribution is 2.41. The van der Waals surface area contributed by atoms with Gasteiger partial charge in [0.2, 0.25) is 0 Å². The van der Waals surface area contributed by atoms with Gasteiger partial charge in [0.1, 0.15) is 0 Å². The third-order valence-corrected chi connectivity index (χ3v) is 3.34. The van der Waals surface area contributed by atoms with E-state index in [1.54, 1.807) is 0 Å². The van der Waals surface area contributed by atoms with Crippen molar-refractivity contribution in [2.24, 2.45) is 11.5 Å². The molecule has 0 aliphatic heterocycles. The van der Waals surface area contributed by atoms with E-state index in [9.17, 15) is 0 Å². The molecule has 4 N–H and O–H groups in total. The van der Waals surface area contributed by atoms with Crippen molar-refractivity contribution in [3.63, 3.8) is 0 Å².